The maximum absolute atomic E-state index is 13.5. The van der Waals surface area contributed by atoms with E-state index in [1.165, 1.54) is 12.1 Å². The predicted octanol–water partition coefficient (Wildman–Crippen LogP) is 5.03. The summed E-state index contributed by atoms with van der Waals surface area (Å²) in [5.41, 5.74) is 4.57. The summed E-state index contributed by atoms with van der Waals surface area (Å²) in [7, 11) is 0. The number of nitrogens with one attached hydrogen (secondary N) is 1. The summed E-state index contributed by atoms with van der Waals surface area (Å²) in [4.78, 5) is 29.6. The predicted molar refractivity (Wildman–Crippen MR) is 111 cm³/mol. The van der Waals surface area contributed by atoms with Crippen molar-refractivity contribution in [2.75, 3.05) is 0 Å². The maximum Gasteiger partial charge on any atom is 0.209 e. The fourth-order valence-electron chi connectivity index (χ4n) is 3.47. The lowest BCUT2D eigenvalue weighted by Gasteiger charge is -2.12. The van der Waals surface area contributed by atoms with Gasteiger partial charge in [0.2, 0.25) is 5.43 Å². The Hall–Kier alpha value is -3.12. The van der Waals surface area contributed by atoms with E-state index in [0.717, 1.165) is 24.2 Å². The van der Waals surface area contributed by atoms with Crippen molar-refractivity contribution >= 4 is 22.8 Å². The zero-order chi connectivity index (χ0) is 20.1. The maximum atomic E-state index is 13.5. The molecule has 1 fully saturated rings. The smallest absolute Gasteiger partial charge is 0.209 e. The number of fused-ring (bicyclic) bond motifs is 1. The highest BCUT2D eigenvalue weighted by Gasteiger charge is 2.26. The lowest BCUT2D eigenvalue weighted by molar-refractivity contribution is 0.628. The van der Waals surface area contributed by atoms with E-state index in [-0.39, 0.29) is 16.8 Å². The SMILES string of the molecule is Cc1cc(-c2nc3c(=O)cc(C4CC4)[nH]c3nc2-c2ccc(F)cc2)cc(Cl)n1. The number of nitrogens with zero attached hydrogens (tertiary/aromatic N) is 3. The average Bonchev–Trinajstić information content (AvgIpc) is 3.52. The second-order valence-electron chi connectivity index (χ2n) is 7.31. The van der Waals surface area contributed by atoms with Gasteiger partial charge in [-0.3, -0.25) is 4.79 Å². The van der Waals surface area contributed by atoms with Gasteiger partial charge in [-0.2, -0.15) is 0 Å². The molecule has 0 bridgehead atoms. The second-order valence-corrected chi connectivity index (χ2v) is 7.70. The van der Waals surface area contributed by atoms with Crippen LogP contribution in [0, 0.1) is 12.7 Å². The number of rotatable bonds is 3. The Kier molecular flexibility index (Phi) is 4.17. The fourth-order valence-corrected chi connectivity index (χ4v) is 3.72. The summed E-state index contributed by atoms with van der Waals surface area (Å²) in [6, 6.07) is 11.2. The molecule has 0 spiro atoms. The van der Waals surface area contributed by atoms with Crippen molar-refractivity contribution in [3.63, 3.8) is 0 Å². The van der Waals surface area contributed by atoms with Crippen molar-refractivity contribution in [2.45, 2.75) is 25.7 Å². The number of aromatic amines is 1. The molecule has 5 nitrogen and oxygen atoms in total. The first-order chi connectivity index (χ1) is 14.0. The van der Waals surface area contributed by atoms with Gasteiger partial charge in [-0.25, -0.2) is 19.3 Å². The Labute approximate surface area is 170 Å². The summed E-state index contributed by atoms with van der Waals surface area (Å²) < 4.78 is 13.5. The van der Waals surface area contributed by atoms with Gasteiger partial charge in [-0.1, -0.05) is 11.6 Å². The molecule has 3 aromatic heterocycles. The van der Waals surface area contributed by atoms with Crippen molar-refractivity contribution < 1.29 is 4.39 Å². The van der Waals surface area contributed by atoms with Gasteiger partial charge < -0.3 is 4.98 Å². The first kappa shape index (κ1) is 17.9. The van der Waals surface area contributed by atoms with Crippen LogP contribution in [0.3, 0.4) is 0 Å². The van der Waals surface area contributed by atoms with E-state index in [2.05, 4.69) is 15.0 Å². The molecule has 0 radical (unpaired) electrons. The Bertz CT molecular complexity index is 1290. The van der Waals surface area contributed by atoms with Crippen molar-refractivity contribution in [3.05, 3.63) is 75.0 Å². The quantitative estimate of drug-likeness (QED) is 0.484. The third-order valence-electron chi connectivity index (χ3n) is 5.01. The lowest BCUT2D eigenvalue weighted by atomic mass is 10.0. The molecule has 4 aromatic rings. The fraction of sp³-hybridized carbons (Fsp3) is 0.182. The number of H-pyrrole nitrogens is 1. The molecule has 0 amide bonds. The van der Waals surface area contributed by atoms with E-state index < -0.39 is 0 Å². The molecule has 1 N–H and O–H groups in total. The van der Waals surface area contributed by atoms with Gasteiger partial charge in [0.05, 0.1) is 11.4 Å². The number of hydrogen-bond acceptors (Lipinski definition) is 4. The normalized spacial score (nSPS) is 13.8. The highest BCUT2D eigenvalue weighted by molar-refractivity contribution is 6.29. The van der Waals surface area contributed by atoms with Gasteiger partial charge in [-0.15, -0.1) is 0 Å². The van der Waals surface area contributed by atoms with E-state index in [4.69, 9.17) is 16.6 Å². The molecule has 1 aliphatic carbocycles. The van der Waals surface area contributed by atoms with E-state index >= 15 is 0 Å². The monoisotopic (exact) mass is 406 g/mol. The summed E-state index contributed by atoms with van der Waals surface area (Å²) in [5.74, 6) is 0.0424. The van der Waals surface area contributed by atoms with Crippen LogP contribution < -0.4 is 5.43 Å². The molecule has 29 heavy (non-hydrogen) atoms. The van der Waals surface area contributed by atoms with Crippen LogP contribution >= 0.6 is 11.6 Å². The Morgan fingerprint density at radius 3 is 2.41 bits per heavy atom. The van der Waals surface area contributed by atoms with Gasteiger partial charge in [0.1, 0.15) is 11.0 Å². The molecule has 0 saturated heterocycles. The van der Waals surface area contributed by atoms with E-state index in [1.54, 1.807) is 24.3 Å². The standard InChI is InChI=1S/C22H16ClFN4O/c1-11-8-14(9-18(23)25-11)20-19(13-4-6-15(24)7-5-13)28-22-21(27-20)17(29)10-16(26-22)12-2-3-12/h4-10,12H,2-3H2,1H3,(H,26,28,29). The summed E-state index contributed by atoms with van der Waals surface area (Å²) in [6.45, 7) is 1.83. The molecule has 7 heteroatoms. The molecule has 1 aliphatic rings. The molecule has 0 unspecified atom stereocenters. The number of halogens is 2. The molecule has 0 atom stereocenters. The van der Waals surface area contributed by atoms with Gasteiger partial charge in [0, 0.05) is 28.6 Å². The highest BCUT2D eigenvalue weighted by atomic mass is 35.5. The number of aromatic nitrogens is 4. The summed E-state index contributed by atoms with van der Waals surface area (Å²) in [6.07, 6.45) is 2.12. The van der Waals surface area contributed by atoms with Crippen LogP contribution in [0.15, 0.2) is 47.3 Å². The minimum atomic E-state index is -0.337. The van der Waals surface area contributed by atoms with Gasteiger partial charge in [0.15, 0.2) is 11.2 Å². The minimum absolute atomic E-state index is 0.170. The molecule has 1 saturated carbocycles. The van der Waals surface area contributed by atoms with E-state index in [9.17, 15) is 9.18 Å². The van der Waals surface area contributed by atoms with Crippen molar-refractivity contribution in [2.24, 2.45) is 0 Å². The van der Waals surface area contributed by atoms with Crippen LogP contribution in [0.1, 0.15) is 30.1 Å². The average molecular weight is 407 g/mol. The van der Waals surface area contributed by atoms with Crippen LogP contribution in [0.5, 0.6) is 0 Å². The summed E-state index contributed by atoms with van der Waals surface area (Å²) >= 11 is 6.15. The molecule has 0 aliphatic heterocycles. The Morgan fingerprint density at radius 2 is 1.72 bits per heavy atom. The minimum Gasteiger partial charge on any atom is -0.341 e. The second kappa shape index (κ2) is 6.74. The molecule has 144 valence electrons. The zero-order valence-electron chi connectivity index (χ0n) is 15.5. The largest absolute Gasteiger partial charge is 0.341 e. The van der Waals surface area contributed by atoms with Crippen molar-refractivity contribution in [3.8, 4) is 22.5 Å². The number of benzene rings is 1. The summed E-state index contributed by atoms with van der Waals surface area (Å²) in [5, 5.41) is 0.324. The molecular weight excluding hydrogens is 391 g/mol. The first-order valence-corrected chi connectivity index (χ1v) is 9.71. The molecule has 3 heterocycles. The van der Waals surface area contributed by atoms with Crippen LogP contribution in [0.4, 0.5) is 4.39 Å². The number of hydrogen-bond donors (Lipinski definition) is 1. The number of aryl methyl sites for hydroxylation is 1. The van der Waals surface area contributed by atoms with Crippen LogP contribution in [-0.2, 0) is 0 Å². The van der Waals surface area contributed by atoms with Gasteiger partial charge in [-0.05, 0) is 62.1 Å². The number of pyridine rings is 2. The Balaban J connectivity index is 1.82. The van der Waals surface area contributed by atoms with Gasteiger partial charge in [0.25, 0.3) is 0 Å². The zero-order valence-corrected chi connectivity index (χ0v) is 16.3. The lowest BCUT2D eigenvalue weighted by Crippen LogP contribution is -2.10. The third kappa shape index (κ3) is 3.40. The van der Waals surface area contributed by atoms with Crippen LogP contribution in [0.2, 0.25) is 5.15 Å². The topological polar surface area (TPSA) is 71.5 Å². The highest BCUT2D eigenvalue weighted by Crippen LogP contribution is 2.39. The van der Waals surface area contributed by atoms with E-state index in [1.807, 2.05) is 13.0 Å². The molecular formula is C22H16ClFN4O. The van der Waals surface area contributed by atoms with Crippen LogP contribution in [0.25, 0.3) is 33.7 Å². The molecule has 1 aromatic carbocycles. The Morgan fingerprint density at radius 1 is 1.00 bits per heavy atom. The first-order valence-electron chi connectivity index (χ1n) is 9.33. The molecule has 5 rings (SSSR count). The van der Waals surface area contributed by atoms with Crippen LogP contribution in [-0.4, -0.2) is 19.9 Å². The van der Waals surface area contributed by atoms with Gasteiger partial charge >= 0.3 is 0 Å². The third-order valence-corrected chi connectivity index (χ3v) is 5.20. The van der Waals surface area contributed by atoms with Crippen molar-refractivity contribution in [1.29, 1.82) is 0 Å². The van der Waals surface area contributed by atoms with E-state index in [0.29, 0.717) is 39.2 Å². The van der Waals surface area contributed by atoms with Crippen molar-refractivity contribution in [1.82, 2.24) is 19.9 Å².